The molecular formula is C19H25FN4O2S2. The Labute approximate surface area is 169 Å². The Morgan fingerprint density at radius 3 is 2.54 bits per heavy atom. The molecule has 0 aliphatic carbocycles. The van der Waals surface area contributed by atoms with Crippen molar-refractivity contribution in [3.63, 3.8) is 0 Å². The molecule has 1 fully saturated rings. The third-order valence-corrected chi connectivity index (χ3v) is 8.06. The van der Waals surface area contributed by atoms with Gasteiger partial charge in [0.15, 0.2) is 5.96 Å². The van der Waals surface area contributed by atoms with E-state index in [0.717, 1.165) is 24.1 Å². The third-order valence-electron chi connectivity index (χ3n) is 4.60. The summed E-state index contributed by atoms with van der Waals surface area (Å²) in [6.07, 6.45) is 2.93. The van der Waals surface area contributed by atoms with E-state index >= 15 is 0 Å². The zero-order valence-corrected chi connectivity index (χ0v) is 17.5. The highest BCUT2D eigenvalue weighted by Gasteiger charge is 2.27. The lowest BCUT2D eigenvalue weighted by atomic mass is 10.2. The van der Waals surface area contributed by atoms with Gasteiger partial charge in [-0.3, -0.25) is 4.99 Å². The van der Waals surface area contributed by atoms with Crippen molar-refractivity contribution < 1.29 is 12.8 Å². The van der Waals surface area contributed by atoms with Crippen molar-refractivity contribution in [3.8, 4) is 0 Å². The van der Waals surface area contributed by atoms with Crippen LogP contribution in [-0.2, 0) is 23.1 Å². The zero-order chi connectivity index (χ0) is 20.0. The molecule has 2 heterocycles. The molecule has 28 heavy (non-hydrogen) atoms. The molecule has 1 saturated heterocycles. The second-order valence-electron chi connectivity index (χ2n) is 6.56. The lowest BCUT2D eigenvalue weighted by Crippen LogP contribution is -2.36. The van der Waals surface area contributed by atoms with E-state index in [0.29, 0.717) is 41.9 Å². The van der Waals surface area contributed by atoms with Crippen molar-refractivity contribution in [2.24, 2.45) is 4.99 Å². The van der Waals surface area contributed by atoms with Crippen LogP contribution in [0.2, 0.25) is 0 Å². The Bertz CT molecular complexity index is 922. The van der Waals surface area contributed by atoms with Crippen LogP contribution in [0.3, 0.4) is 0 Å². The van der Waals surface area contributed by atoms with Crippen molar-refractivity contribution in [3.05, 3.63) is 52.7 Å². The second-order valence-corrected chi connectivity index (χ2v) is 9.89. The van der Waals surface area contributed by atoms with Crippen LogP contribution in [0, 0.1) is 5.82 Å². The van der Waals surface area contributed by atoms with Crippen LogP contribution in [0.25, 0.3) is 0 Å². The lowest BCUT2D eigenvalue weighted by Gasteiger charge is -2.25. The molecule has 0 radical (unpaired) electrons. The summed E-state index contributed by atoms with van der Waals surface area (Å²) in [5, 5.41) is 6.20. The number of nitrogens with one attached hydrogen (secondary N) is 2. The largest absolute Gasteiger partial charge is 0.352 e. The van der Waals surface area contributed by atoms with Gasteiger partial charge in [0.1, 0.15) is 10.0 Å². The van der Waals surface area contributed by atoms with E-state index < -0.39 is 10.0 Å². The standard InChI is InChI=1S/C19H25FN4O2S2/c1-21-19(22-13-15-7-3-4-8-17(15)20)23-14-16-9-10-18(27-16)28(25,26)24-11-5-2-6-12-24/h3-4,7-10H,2,5-6,11-14H2,1H3,(H2,21,22,23). The minimum Gasteiger partial charge on any atom is -0.352 e. The topological polar surface area (TPSA) is 73.8 Å². The Balaban J connectivity index is 1.56. The number of halogens is 1. The molecule has 0 saturated carbocycles. The summed E-state index contributed by atoms with van der Waals surface area (Å²) >= 11 is 1.27. The second kappa shape index (κ2) is 9.49. The van der Waals surface area contributed by atoms with Gasteiger partial charge in [0.2, 0.25) is 0 Å². The molecule has 0 atom stereocenters. The van der Waals surface area contributed by atoms with Gasteiger partial charge in [-0.15, -0.1) is 11.3 Å². The van der Waals surface area contributed by atoms with Gasteiger partial charge in [-0.25, -0.2) is 12.8 Å². The number of piperidine rings is 1. The van der Waals surface area contributed by atoms with Gasteiger partial charge in [-0.1, -0.05) is 24.6 Å². The monoisotopic (exact) mass is 424 g/mol. The van der Waals surface area contributed by atoms with E-state index in [9.17, 15) is 12.8 Å². The number of hydrogen-bond donors (Lipinski definition) is 2. The number of aliphatic imine (C=N–C) groups is 1. The molecule has 0 spiro atoms. The highest BCUT2D eigenvalue weighted by Crippen LogP contribution is 2.27. The molecule has 1 aliphatic rings. The molecule has 6 nitrogen and oxygen atoms in total. The predicted octanol–water partition coefficient (Wildman–Crippen LogP) is 2.93. The first kappa shape index (κ1) is 20.8. The number of benzene rings is 1. The maximum absolute atomic E-state index is 13.7. The minimum atomic E-state index is -3.40. The highest BCUT2D eigenvalue weighted by atomic mass is 32.2. The molecule has 0 unspecified atom stereocenters. The third kappa shape index (κ3) is 5.09. The first-order valence-electron chi connectivity index (χ1n) is 9.27. The molecule has 0 amide bonds. The number of sulfonamides is 1. The van der Waals surface area contributed by atoms with E-state index in [1.807, 2.05) is 6.07 Å². The number of hydrogen-bond acceptors (Lipinski definition) is 4. The molecule has 2 N–H and O–H groups in total. The van der Waals surface area contributed by atoms with E-state index in [2.05, 4.69) is 15.6 Å². The van der Waals surface area contributed by atoms with Crippen molar-refractivity contribution in [2.45, 2.75) is 36.6 Å². The van der Waals surface area contributed by atoms with Crippen molar-refractivity contribution in [1.29, 1.82) is 0 Å². The summed E-state index contributed by atoms with van der Waals surface area (Å²) in [6.45, 7) is 1.95. The molecule has 152 valence electrons. The van der Waals surface area contributed by atoms with Crippen LogP contribution < -0.4 is 10.6 Å². The predicted molar refractivity (Wildman–Crippen MR) is 110 cm³/mol. The average molecular weight is 425 g/mol. The minimum absolute atomic E-state index is 0.267. The van der Waals surface area contributed by atoms with Crippen LogP contribution >= 0.6 is 11.3 Å². The van der Waals surface area contributed by atoms with E-state index in [1.54, 1.807) is 35.6 Å². The smallest absolute Gasteiger partial charge is 0.252 e. The SMILES string of the molecule is CN=C(NCc1ccc(S(=O)(=O)N2CCCCC2)s1)NCc1ccccc1F. The summed E-state index contributed by atoms with van der Waals surface area (Å²) in [6, 6.07) is 10.1. The van der Waals surface area contributed by atoms with Crippen molar-refractivity contribution >= 4 is 27.3 Å². The van der Waals surface area contributed by atoms with Gasteiger partial charge < -0.3 is 10.6 Å². The van der Waals surface area contributed by atoms with Crippen LogP contribution in [0.4, 0.5) is 4.39 Å². The van der Waals surface area contributed by atoms with Crippen LogP contribution in [0.15, 0.2) is 45.6 Å². The number of rotatable bonds is 6. The normalized spacial score (nSPS) is 16.1. The van der Waals surface area contributed by atoms with Crippen LogP contribution in [0.5, 0.6) is 0 Å². The average Bonchev–Trinajstić information content (AvgIpc) is 3.20. The van der Waals surface area contributed by atoms with E-state index in [1.165, 1.54) is 17.4 Å². The Kier molecular flexibility index (Phi) is 7.03. The molecule has 1 aromatic heterocycles. The molecule has 1 aromatic carbocycles. The summed E-state index contributed by atoms with van der Waals surface area (Å²) < 4.78 is 41.1. The summed E-state index contributed by atoms with van der Waals surface area (Å²) in [5.41, 5.74) is 0.552. The lowest BCUT2D eigenvalue weighted by molar-refractivity contribution is 0.347. The van der Waals surface area contributed by atoms with Gasteiger partial charge in [-0.2, -0.15) is 4.31 Å². The molecule has 0 bridgehead atoms. The molecule has 1 aliphatic heterocycles. The fourth-order valence-corrected chi connectivity index (χ4v) is 6.00. The van der Waals surface area contributed by atoms with E-state index in [4.69, 9.17) is 0 Å². The Hall–Kier alpha value is -1.97. The first-order chi connectivity index (χ1) is 13.5. The van der Waals surface area contributed by atoms with Gasteiger partial charge in [0.05, 0.1) is 6.54 Å². The van der Waals surface area contributed by atoms with Gasteiger partial charge in [0, 0.05) is 37.1 Å². The fraction of sp³-hybridized carbons (Fsp3) is 0.421. The fourth-order valence-electron chi connectivity index (χ4n) is 3.04. The maximum Gasteiger partial charge on any atom is 0.252 e. The molecule has 3 rings (SSSR count). The summed E-state index contributed by atoms with van der Waals surface area (Å²) in [5.74, 6) is 0.258. The molecular weight excluding hydrogens is 399 g/mol. The van der Waals surface area contributed by atoms with E-state index in [-0.39, 0.29) is 5.82 Å². The summed E-state index contributed by atoms with van der Waals surface area (Å²) in [4.78, 5) is 5.02. The van der Waals surface area contributed by atoms with Crippen molar-refractivity contribution in [1.82, 2.24) is 14.9 Å². The Morgan fingerprint density at radius 1 is 1.11 bits per heavy atom. The van der Waals surface area contributed by atoms with Crippen LogP contribution in [-0.4, -0.2) is 38.8 Å². The highest BCUT2D eigenvalue weighted by molar-refractivity contribution is 7.91. The maximum atomic E-state index is 13.7. The molecule has 2 aromatic rings. The number of nitrogens with zero attached hydrogens (tertiary/aromatic N) is 2. The van der Waals surface area contributed by atoms with Gasteiger partial charge in [0.25, 0.3) is 10.0 Å². The number of guanidine groups is 1. The Morgan fingerprint density at radius 2 is 1.82 bits per heavy atom. The zero-order valence-electron chi connectivity index (χ0n) is 15.8. The van der Waals surface area contributed by atoms with Crippen molar-refractivity contribution in [2.75, 3.05) is 20.1 Å². The van der Waals surface area contributed by atoms with Crippen LogP contribution in [0.1, 0.15) is 29.7 Å². The van der Waals surface area contributed by atoms with Gasteiger partial charge >= 0.3 is 0 Å². The quantitative estimate of drug-likeness (QED) is 0.552. The van der Waals surface area contributed by atoms with Gasteiger partial charge in [-0.05, 0) is 31.0 Å². The molecule has 9 heteroatoms. The summed E-state index contributed by atoms with van der Waals surface area (Å²) in [7, 11) is -1.76. The first-order valence-corrected chi connectivity index (χ1v) is 11.5. The number of thiophene rings is 1.